The molecule has 0 spiro atoms. The van der Waals surface area contributed by atoms with Gasteiger partial charge in [0.15, 0.2) is 12.2 Å². The lowest BCUT2D eigenvalue weighted by molar-refractivity contribution is -0.227. The molecule has 1 aliphatic rings. The van der Waals surface area contributed by atoms with E-state index in [0.717, 1.165) is 0 Å². The van der Waals surface area contributed by atoms with Crippen molar-refractivity contribution in [3.05, 3.63) is 0 Å². The lowest BCUT2D eigenvalue weighted by Crippen LogP contribution is -2.60. The van der Waals surface area contributed by atoms with Crippen molar-refractivity contribution in [2.75, 3.05) is 19.0 Å². The number of hydrogen-bond donors (Lipinski definition) is 3. The summed E-state index contributed by atoms with van der Waals surface area (Å²) in [5.74, 6) is -0.731. The van der Waals surface area contributed by atoms with E-state index in [1.165, 1.54) is 25.6 Å². The Hall–Kier alpha value is -0.870. The summed E-state index contributed by atoms with van der Waals surface area (Å²) in [7, 11) is 0. The molecule has 4 unspecified atom stereocenters. The second-order valence-corrected chi connectivity index (χ2v) is 6.02. The Labute approximate surface area is 132 Å². The zero-order valence-corrected chi connectivity index (χ0v) is 13.3. The van der Waals surface area contributed by atoms with Gasteiger partial charge in [-0.1, -0.05) is 0 Å². The van der Waals surface area contributed by atoms with Crippen LogP contribution in [0.25, 0.3) is 0 Å². The number of esters is 2. The molecule has 0 aliphatic carbocycles. The van der Waals surface area contributed by atoms with Crippen LogP contribution in [0.5, 0.6) is 0 Å². The zero-order valence-electron chi connectivity index (χ0n) is 12.5. The van der Waals surface area contributed by atoms with E-state index in [9.17, 15) is 19.8 Å². The van der Waals surface area contributed by atoms with Crippen molar-refractivity contribution in [2.24, 2.45) is 0 Å². The predicted octanol–water partition coefficient (Wildman–Crippen LogP) is -0.956. The second kappa shape index (κ2) is 9.31. The smallest absolute Gasteiger partial charge is 0.303 e. The maximum atomic E-state index is 11.2. The molecule has 0 bridgehead atoms. The molecule has 0 radical (unpaired) electrons. The number of aliphatic hydroxyl groups excluding tert-OH is 3. The van der Waals surface area contributed by atoms with Gasteiger partial charge in [0.25, 0.3) is 0 Å². The number of hydrogen-bond acceptors (Lipinski definition) is 9. The van der Waals surface area contributed by atoms with Gasteiger partial charge in [0.1, 0.15) is 17.6 Å². The fourth-order valence-electron chi connectivity index (χ4n) is 2.09. The molecule has 0 aromatic heterocycles. The Bertz CT molecular complexity index is 377. The van der Waals surface area contributed by atoms with Crippen molar-refractivity contribution in [2.45, 2.75) is 50.1 Å². The predicted molar refractivity (Wildman–Crippen MR) is 77.0 cm³/mol. The Morgan fingerprint density at radius 2 is 1.73 bits per heavy atom. The highest BCUT2D eigenvalue weighted by Crippen LogP contribution is 2.32. The van der Waals surface area contributed by atoms with Crippen molar-refractivity contribution in [1.82, 2.24) is 0 Å². The van der Waals surface area contributed by atoms with Gasteiger partial charge in [-0.2, -0.15) is 0 Å². The van der Waals surface area contributed by atoms with Crippen molar-refractivity contribution < 1.29 is 39.1 Å². The third-order valence-electron chi connectivity index (χ3n) is 2.99. The topological polar surface area (TPSA) is 123 Å². The monoisotopic (exact) mass is 338 g/mol. The minimum absolute atomic E-state index is 0.00000687. The van der Waals surface area contributed by atoms with E-state index >= 15 is 0 Å². The summed E-state index contributed by atoms with van der Waals surface area (Å²) in [6.45, 7) is 1.91. The fraction of sp³-hybridized carbons (Fsp3) is 0.846. The number of rotatable bonds is 7. The molecule has 0 aromatic rings. The minimum Gasteiger partial charge on any atom is -0.457 e. The number of thioether (sulfide) groups is 1. The van der Waals surface area contributed by atoms with Crippen LogP contribution < -0.4 is 0 Å². The summed E-state index contributed by atoms with van der Waals surface area (Å²) >= 11 is 1.24. The Kier molecular flexibility index (Phi) is 8.12. The van der Waals surface area contributed by atoms with Gasteiger partial charge >= 0.3 is 11.9 Å². The molecule has 128 valence electrons. The van der Waals surface area contributed by atoms with Crippen LogP contribution in [0.1, 0.15) is 20.3 Å². The summed E-state index contributed by atoms with van der Waals surface area (Å²) in [6.07, 6.45) is -3.89. The largest absolute Gasteiger partial charge is 0.457 e. The molecule has 1 fully saturated rings. The average Bonchev–Trinajstić information content (AvgIpc) is 2.44. The van der Waals surface area contributed by atoms with Crippen LogP contribution in [-0.2, 0) is 23.8 Å². The first-order chi connectivity index (χ1) is 10.4. The quantitative estimate of drug-likeness (QED) is 0.398. The van der Waals surface area contributed by atoms with E-state index in [1.807, 2.05) is 0 Å². The van der Waals surface area contributed by atoms with Crippen LogP contribution in [0.2, 0.25) is 0 Å². The zero-order chi connectivity index (χ0) is 16.7. The van der Waals surface area contributed by atoms with Crippen LogP contribution in [-0.4, -0.2) is 76.1 Å². The molecule has 1 heterocycles. The maximum absolute atomic E-state index is 11.2. The van der Waals surface area contributed by atoms with Gasteiger partial charge in [0.05, 0.1) is 6.61 Å². The molecular weight excluding hydrogens is 316 g/mol. The normalized spacial score (nSPS) is 31.6. The van der Waals surface area contributed by atoms with Gasteiger partial charge in [-0.05, 0) is 12.2 Å². The molecule has 0 amide bonds. The molecule has 0 aromatic carbocycles. The fourth-order valence-corrected chi connectivity index (χ4v) is 3.25. The van der Waals surface area contributed by atoms with Crippen molar-refractivity contribution in [1.29, 1.82) is 0 Å². The Morgan fingerprint density at radius 1 is 1.14 bits per heavy atom. The highest BCUT2D eigenvalue weighted by atomic mass is 32.2. The third-order valence-corrected chi connectivity index (χ3v) is 4.22. The SMILES string of the molecule is CC(=O)OC1C(SCCCO)OC(CO)[C@H](OC(C)=O)C1O. The summed E-state index contributed by atoms with van der Waals surface area (Å²) in [5.41, 5.74) is -0.727. The molecule has 3 N–H and O–H groups in total. The standard InChI is InChI=1S/C13H22O8S/c1-7(16)19-11-9(6-15)21-13(22-5-3-4-14)12(10(11)18)20-8(2)17/h9-15,18H,3-6H2,1-2H3/t9?,10?,11-,12?,13?/m0/s1. The van der Waals surface area contributed by atoms with Crippen LogP contribution in [0, 0.1) is 0 Å². The van der Waals surface area contributed by atoms with E-state index in [-0.39, 0.29) is 6.61 Å². The van der Waals surface area contributed by atoms with Crippen LogP contribution >= 0.6 is 11.8 Å². The summed E-state index contributed by atoms with van der Waals surface area (Å²) in [4.78, 5) is 22.3. The number of aliphatic hydroxyl groups is 3. The molecule has 22 heavy (non-hydrogen) atoms. The van der Waals surface area contributed by atoms with Gasteiger partial charge in [0, 0.05) is 20.5 Å². The molecule has 1 rings (SSSR count). The van der Waals surface area contributed by atoms with E-state index in [1.54, 1.807) is 0 Å². The Morgan fingerprint density at radius 3 is 2.23 bits per heavy atom. The average molecular weight is 338 g/mol. The number of ether oxygens (including phenoxy) is 3. The molecule has 1 aliphatic heterocycles. The van der Waals surface area contributed by atoms with E-state index in [4.69, 9.17) is 19.3 Å². The first-order valence-electron chi connectivity index (χ1n) is 6.92. The van der Waals surface area contributed by atoms with Gasteiger partial charge in [0.2, 0.25) is 0 Å². The van der Waals surface area contributed by atoms with Crippen molar-refractivity contribution in [3.8, 4) is 0 Å². The summed E-state index contributed by atoms with van der Waals surface area (Å²) in [6, 6.07) is 0. The van der Waals surface area contributed by atoms with Gasteiger partial charge in [-0.3, -0.25) is 9.59 Å². The third kappa shape index (κ3) is 5.40. The number of carbonyl (C=O) groups excluding carboxylic acids is 2. The van der Waals surface area contributed by atoms with E-state index in [2.05, 4.69) is 0 Å². The maximum Gasteiger partial charge on any atom is 0.303 e. The Balaban J connectivity index is 2.87. The van der Waals surface area contributed by atoms with Crippen molar-refractivity contribution >= 4 is 23.7 Å². The van der Waals surface area contributed by atoms with Crippen LogP contribution in [0.3, 0.4) is 0 Å². The number of carbonyl (C=O) groups is 2. The lowest BCUT2D eigenvalue weighted by atomic mass is 10.00. The second-order valence-electron chi connectivity index (χ2n) is 4.81. The van der Waals surface area contributed by atoms with Crippen LogP contribution in [0.15, 0.2) is 0 Å². The van der Waals surface area contributed by atoms with E-state index in [0.29, 0.717) is 12.2 Å². The van der Waals surface area contributed by atoms with Gasteiger partial charge in [-0.25, -0.2) is 0 Å². The first kappa shape index (κ1) is 19.2. The molecule has 1 saturated heterocycles. The van der Waals surface area contributed by atoms with Crippen LogP contribution in [0.4, 0.5) is 0 Å². The summed E-state index contributed by atoms with van der Waals surface area (Å²) < 4.78 is 15.7. The molecule has 0 saturated carbocycles. The lowest BCUT2D eigenvalue weighted by Gasteiger charge is -2.42. The van der Waals surface area contributed by atoms with Gasteiger partial charge in [-0.15, -0.1) is 11.8 Å². The summed E-state index contributed by atoms with van der Waals surface area (Å²) in [5, 5.41) is 28.5. The first-order valence-corrected chi connectivity index (χ1v) is 7.96. The highest BCUT2D eigenvalue weighted by Gasteiger charge is 2.48. The molecule has 8 nitrogen and oxygen atoms in total. The molecule has 9 heteroatoms. The van der Waals surface area contributed by atoms with E-state index < -0.39 is 48.4 Å². The highest BCUT2D eigenvalue weighted by molar-refractivity contribution is 7.99. The van der Waals surface area contributed by atoms with Gasteiger partial charge < -0.3 is 29.5 Å². The molecular formula is C13H22O8S. The van der Waals surface area contributed by atoms with Crippen molar-refractivity contribution in [3.63, 3.8) is 0 Å². The molecule has 5 atom stereocenters. The minimum atomic E-state index is -1.31.